The summed E-state index contributed by atoms with van der Waals surface area (Å²) in [6.45, 7) is 2.71. The summed E-state index contributed by atoms with van der Waals surface area (Å²) in [7, 11) is 3.73. The SMILES string of the molecule is CNS(=O)(=O)c1cc(NC(=O)C[NH+](C)Cc2ccc(N(C)C)cc2)ccc1C. The monoisotopic (exact) mass is 405 g/mol. The molecule has 7 nitrogen and oxygen atoms in total. The van der Waals surface area contributed by atoms with E-state index in [1.807, 2.05) is 26.0 Å². The number of hydrogen-bond donors (Lipinski definition) is 3. The Labute approximate surface area is 167 Å². The number of sulfonamides is 1. The Morgan fingerprint density at radius 3 is 2.32 bits per heavy atom. The van der Waals surface area contributed by atoms with Crippen molar-refractivity contribution < 1.29 is 18.1 Å². The van der Waals surface area contributed by atoms with E-state index in [0.29, 0.717) is 17.8 Å². The second kappa shape index (κ2) is 9.18. The molecule has 2 aromatic rings. The van der Waals surface area contributed by atoms with Gasteiger partial charge in [-0.15, -0.1) is 0 Å². The minimum Gasteiger partial charge on any atom is -0.378 e. The molecule has 0 saturated carbocycles. The summed E-state index contributed by atoms with van der Waals surface area (Å²) in [6, 6.07) is 13.1. The summed E-state index contributed by atoms with van der Waals surface area (Å²) in [5.74, 6) is -0.168. The summed E-state index contributed by atoms with van der Waals surface area (Å²) in [5, 5.41) is 2.79. The van der Waals surface area contributed by atoms with Crippen molar-refractivity contribution >= 4 is 27.3 Å². The van der Waals surface area contributed by atoms with Gasteiger partial charge in [0.15, 0.2) is 6.54 Å². The van der Waals surface area contributed by atoms with Crippen LogP contribution >= 0.6 is 0 Å². The fraction of sp³-hybridized carbons (Fsp3) is 0.350. The van der Waals surface area contributed by atoms with Crippen LogP contribution in [0.25, 0.3) is 0 Å². The Kier molecular flexibility index (Phi) is 7.17. The minimum absolute atomic E-state index is 0.162. The normalized spacial score (nSPS) is 12.5. The van der Waals surface area contributed by atoms with Gasteiger partial charge in [0.25, 0.3) is 5.91 Å². The molecule has 0 aliphatic rings. The number of aryl methyl sites for hydroxylation is 1. The maximum Gasteiger partial charge on any atom is 0.279 e. The second-order valence-corrected chi connectivity index (χ2v) is 8.96. The second-order valence-electron chi connectivity index (χ2n) is 7.11. The number of nitrogens with zero attached hydrogens (tertiary/aromatic N) is 1. The van der Waals surface area contributed by atoms with Crippen molar-refractivity contribution in [1.29, 1.82) is 0 Å². The van der Waals surface area contributed by atoms with Crippen LogP contribution in [0.4, 0.5) is 11.4 Å². The van der Waals surface area contributed by atoms with Gasteiger partial charge in [0, 0.05) is 31.0 Å². The zero-order valence-corrected chi connectivity index (χ0v) is 17.9. The molecule has 152 valence electrons. The molecule has 28 heavy (non-hydrogen) atoms. The highest BCUT2D eigenvalue weighted by atomic mass is 32.2. The van der Waals surface area contributed by atoms with E-state index in [1.165, 1.54) is 13.1 Å². The van der Waals surface area contributed by atoms with Gasteiger partial charge in [-0.3, -0.25) is 4.79 Å². The van der Waals surface area contributed by atoms with Gasteiger partial charge in [-0.2, -0.15) is 0 Å². The van der Waals surface area contributed by atoms with Crippen LogP contribution in [0.5, 0.6) is 0 Å². The van der Waals surface area contributed by atoms with Crippen LogP contribution in [0.15, 0.2) is 47.4 Å². The maximum atomic E-state index is 12.4. The number of carbonyl (C=O) groups is 1. The van der Waals surface area contributed by atoms with E-state index in [-0.39, 0.29) is 17.3 Å². The third-order valence-corrected chi connectivity index (χ3v) is 6.01. The van der Waals surface area contributed by atoms with Gasteiger partial charge in [0.05, 0.1) is 11.9 Å². The van der Waals surface area contributed by atoms with Gasteiger partial charge in [-0.1, -0.05) is 18.2 Å². The van der Waals surface area contributed by atoms with Crippen molar-refractivity contribution in [2.24, 2.45) is 0 Å². The molecule has 0 saturated heterocycles. The number of quaternary nitrogens is 1. The van der Waals surface area contributed by atoms with E-state index in [1.54, 1.807) is 19.1 Å². The van der Waals surface area contributed by atoms with Crippen LogP contribution in [0.1, 0.15) is 11.1 Å². The third kappa shape index (κ3) is 5.79. The van der Waals surface area contributed by atoms with E-state index < -0.39 is 10.0 Å². The number of anilines is 2. The molecule has 2 aromatic carbocycles. The fourth-order valence-corrected chi connectivity index (χ4v) is 3.87. The molecule has 1 amide bonds. The highest BCUT2D eigenvalue weighted by Gasteiger charge is 2.17. The Balaban J connectivity index is 1.99. The molecule has 2 rings (SSSR count). The standard InChI is InChI=1S/C20H28N4O3S/c1-15-6-9-17(12-19(15)28(26,27)21-2)22-20(25)14-24(5)13-16-7-10-18(11-8-16)23(3)4/h6-12,21H,13-14H2,1-5H3,(H,22,25)/p+1. The first-order valence-electron chi connectivity index (χ1n) is 9.04. The number of carbonyl (C=O) groups excluding carboxylic acids is 1. The molecule has 0 aromatic heterocycles. The fourth-order valence-electron chi connectivity index (χ4n) is 2.88. The minimum atomic E-state index is -3.57. The molecular weight excluding hydrogens is 376 g/mol. The van der Waals surface area contributed by atoms with E-state index >= 15 is 0 Å². The first-order valence-corrected chi connectivity index (χ1v) is 10.5. The van der Waals surface area contributed by atoms with Crippen molar-refractivity contribution in [3.05, 3.63) is 53.6 Å². The zero-order valence-electron chi connectivity index (χ0n) is 17.0. The van der Waals surface area contributed by atoms with Crippen molar-refractivity contribution in [2.75, 3.05) is 45.0 Å². The average Bonchev–Trinajstić information content (AvgIpc) is 2.63. The van der Waals surface area contributed by atoms with Crippen LogP contribution in [-0.4, -0.2) is 49.1 Å². The molecule has 0 spiro atoms. The number of benzene rings is 2. The molecule has 0 aliphatic carbocycles. The molecule has 0 heterocycles. The van der Waals surface area contributed by atoms with Gasteiger partial charge in [0.2, 0.25) is 10.0 Å². The Bertz CT molecular complexity index is 925. The quantitative estimate of drug-likeness (QED) is 0.601. The van der Waals surface area contributed by atoms with E-state index in [0.717, 1.165) is 16.2 Å². The topological polar surface area (TPSA) is 83.0 Å². The predicted octanol–water partition coefficient (Wildman–Crippen LogP) is 0.623. The summed E-state index contributed by atoms with van der Waals surface area (Å²) in [4.78, 5) is 15.6. The Morgan fingerprint density at radius 2 is 1.75 bits per heavy atom. The van der Waals surface area contributed by atoms with Crippen LogP contribution in [0, 0.1) is 6.92 Å². The zero-order chi connectivity index (χ0) is 20.9. The van der Waals surface area contributed by atoms with E-state index in [2.05, 4.69) is 34.3 Å². The molecule has 3 N–H and O–H groups in total. The molecule has 1 atom stereocenters. The molecule has 0 radical (unpaired) electrons. The molecule has 1 unspecified atom stereocenters. The summed E-state index contributed by atoms with van der Waals surface area (Å²) >= 11 is 0. The number of nitrogens with one attached hydrogen (secondary N) is 3. The first-order chi connectivity index (χ1) is 13.1. The van der Waals surface area contributed by atoms with Crippen molar-refractivity contribution in [3.63, 3.8) is 0 Å². The van der Waals surface area contributed by atoms with Crippen LogP contribution in [0.3, 0.4) is 0 Å². The van der Waals surface area contributed by atoms with Gasteiger partial charge < -0.3 is 15.1 Å². The van der Waals surface area contributed by atoms with Gasteiger partial charge in [-0.05, 0) is 43.8 Å². The number of amides is 1. The predicted molar refractivity (Wildman–Crippen MR) is 112 cm³/mol. The Morgan fingerprint density at radius 1 is 1.11 bits per heavy atom. The smallest absolute Gasteiger partial charge is 0.279 e. The summed E-state index contributed by atoms with van der Waals surface area (Å²) in [6.07, 6.45) is 0. The lowest BCUT2D eigenvalue weighted by Gasteiger charge is -2.16. The van der Waals surface area contributed by atoms with Crippen LogP contribution in [0.2, 0.25) is 0 Å². The maximum absolute atomic E-state index is 12.4. The Hall–Kier alpha value is -2.42. The van der Waals surface area contributed by atoms with E-state index in [4.69, 9.17) is 0 Å². The van der Waals surface area contributed by atoms with Gasteiger partial charge in [-0.25, -0.2) is 13.1 Å². The largest absolute Gasteiger partial charge is 0.378 e. The highest BCUT2D eigenvalue weighted by Crippen LogP contribution is 2.19. The van der Waals surface area contributed by atoms with Crippen LogP contribution < -0.4 is 19.8 Å². The van der Waals surface area contributed by atoms with Crippen LogP contribution in [-0.2, 0) is 21.4 Å². The lowest BCUT2D eigenvalue weighted by Crippen LogP contribution is -3.08. The van der Waals surface area contributed by atoms with Gasteiger partial charge >= 0.3 is 0 Å². The molecule has 0 aliphatic heterocycles. The summed E-state index contributed by atoms with van der Waals surface area (Å²) in [5.41, 5.74) is 3.36. The molecule has 0 fully saturated rings. The third-order valence-electron chi connectivity index (χ3n) is 4.45. The average molecular weight is 406 g/mol. The highest BCUT2D eigenvalue weighted by molar-refractivity contribution is 7.89. The first kappa shape index (κ1) is 21.9. The molecule has 8 heteroatoms. The lowest BCUT2D eigenvalue weighted by molar-refractivity contribution is -0.885. The van der Waals surface area contributed by atoms with Gasteiger partial charge in [0.1, 0.15) is 6.54 Å². The summed E-state index contributed by atoms with van der Waals surface area (Å²) < 4.78 is 26.5. The number of hydrogen-bond acceptors (Lipinski definition) is 4. The lowest BCUT2D eigenvalue weighted by atomic mass is 10.2. The number of likely N-dealkylation sites (N-methyl/N-ethyl adjacent to an activating group) is 1. The molecular formula is C20H29N4O3S+. The molecule has 0 bridgehead atoms. The van der Waals surface area contributed by atoms with Crippen molar-refractivity contribution in [1.82, 2.24) is 4.72 Å². The van der Waals surface area contributed by atoms with Crippen molar-refractivity contribution in [2.45, 2.75) is 18.4 Å². The van der Waals surface area contributed by atoms with Crippen molar-refractivity contribution in [3.8, 4) is 0 Å². The number of rotatable bonds is 8. The van der Waals surface area contributed by atoms with E-state index in [9.17, 15) is 13.2 Å².